The van der Waals surface area contributed by atoms with E-state index in [0.717, 1.165) is 0 Å². The normalized spacial score (nSPS) is 13.3. The van der Waals surface area contributed by atoms with Crippen LogP contribution in [0.3, 0.4) is 0 Å². The largest absolute Gasteiger partial charge is 0.481 e. The lowest BCUT2D eigenvalue weighted by Gasteiger charge is -2.09. The van der Waals surface area contributed by atoms with E-state index in [9.17, 15) is 14.4 Å². The average Bonchev–Trinajstić information content (AvgIpc) is 2.37. The van der Waals surface area contributed by atoms with Gasteiger partial charge < -0.3 is 10.4 Å². The molecular weight excluding hydrogens is 282 g/mol. The van der Waals surface area contributed by atoms with Crippen LogP contribution in [0.5, 0.6) is 0 Å². The molecule has 0 aromatic heterocycles. The molecule has 0 aliphatic heterocycles. The van der Waals surface area contributed by atoms with Crippen molar-refractivity contribution in [2.75, 3.05) is 5.32 Å². The highest BCUT2D eigenvalue weighted by Gasteiger charge is 2.18. The first-order valence-electron chi connectivity index (χ1n) is 6.12. The zero-order chi connectivity index (χ0) is 15.3. The average molecular weight is 298 g/mol. The number of anilines is 1. The van der Waals surface area contributed by atoms with Gasteiger partial charge in [-0.05, 0) is 31.2 Å². The van der Waals surface area contributed by atoms with E-state index in [4.69, 9.17) is 16.7 Å². The highest BCUT2D eigenvalue weighted by molar-refractivity contribution is 6.32. The maximum atomic E-state index is 12.0. The van der Waals surface area contributed by atoms with Gasteiger partial charge in [0.15, 0.2) is 5.78 Å². The Labute approximate surface area is 121 Å². The van der Waals surface area contributed by atoms with Crippen molar-refractivity contribution < 1.29 is 19.5 Å². The van der Waals surface area contributed by atoms with E-state index in [0.29, 0.717) is 11.3 Å². The van der Waals surface area contributed by atoms with Crippen LogP contribution in [0.2, 0.25) is 0 Å². The Morgan fingerprint density at radius 2 is 1.75 bits per heavy atom. The van der Waals surface area contributed by atoms with Gasteiger partial charge in [0.25, 0.3) is 0 Å². The SMILES string of the molecule is C[C@H](Cl)C(=O)Nc1ccc(C(=O)[C@@H](C)CC(=O)O)cc1. The predicted octanol–water partition coefficient (Wildman–Crippen LogP) is 2.55. The second kappa shape index (κ2) is 7.05. The molecule has 0 bridgehead atoms. The number of carboxylic acids is 1. The summed E-state index contributed by atoms with van der Waals surface area (Å²) in [6.07, 6.45) is -0.207. The minimum absolute atomic E-state index is 0.207. The van der Waals surface area contributed by atoms with E-state index in [1.54, 1.807) is 38.1 Å². The highest BCUT2D eigenvalue weighted by atomic mass is 35.5. The molecule has 0 saturated heterocycles. The van der Waals surface area contributed by atoms with Crippen LogP contribution in [0.25, 0.3) is 0 Å². The number of Topliss-reactive ketones (excluding diaryl/α,β-unsaturated/α-hetero) is 1. The molecule has 0 unspecified atom stereocenters. The molecule has 0 heterocycles. The van der Waals surface area contributed by atoms with Crippen LogP contribution in [0.1, 0.15) is 30.6 Å². The van der Waals surface area contributed by atoms with E-state index >= 15 is 0 Å². The Hall–Kier alpha value is -1.88. The topological polar surface area (TPSA) is 83.5 Å². The number of carboxylic acid groups (broad SMARTS) is 1. The van der Waals surface area contributed by atoms with Crippen LogP contribution in [-0.2, 0) is 9.59 Å². The van der Waals surface area contributed by atoms with Crippen molar-refractivity contribution in [2.24, 2.45) is 5.92 Å². The molecule has 0 aliphatic carbocycles. The second-order valence-corrected chi connectivity index (χ2v) is 5.20. The van der Waals surface area contributed by atoms with Crippen molar-refractivity contribution in [1.82, 2.24) is 0 Å². The number of carbonyl (C=O) groups excluding carboxylic acids is 2. The van der Waals surface area contributed by atoms with Crippen molar-refractivity contribution >= 4 is 34.9 Å². The maximum absolute atomic E-state index is 12.0. The molecule has 2 atom stereocenters. The summed E-state index contributed by atoms with van der Waals surface area (Å²) in [6.45, 7) is 3.13. The summed E-state index contributed by atoms with van der Waals surface area (Å²) >= 11 is 5.63. The third kappa shape index (κ3) is 4.66. The van der Waals surface area contributed by atoms with E-state index in [1.165, 1.54) is 0 Å². The number of rotatable bonds is 6. The fraction of sp³-hybridized carbons (Fsp3) is 0.357. The standard InChI is InChI=1S/C14H16ClNO4/c1-8(7-12(17)18)13(19)10-3-5-11(6-4-10)16-14(20)9(2)15/h3-6,8-9H,7H2,1-2H3,(H,16,20)(H,17,18)/t8-,9-/m0/s1. The van der Waals surface area contributed by atoms with E-state index in [1.807, 2.05) is 0 Å². The van der Waals surface area contributed by atoms with Gasteiger partial charge in [0.1, 0.15) is 5.38 Å². The molecule has 1 aromatic carbocycles. The molecule has 2 N–H and O–H groups in total. The van der Waals surface area contributed by atoms with Crippen LogP contribution in [0.4, 0.5) is 5.69 Å². The Kier molecular flexibility index (Phi) is 5.70. The fourth-order valence-corrected chi connectivity index (χ4v) is 1.65. The first kappa shape index (κ1) is 16.2. The molecular formula is C14H16ClNO4. The van der Waals surface area contributed by atoms with Gasteiger partial charge in [-0.2, -0.15) is 0 Å². The first-order valence-corrected chi connectivity index (χ1v) is 6.56. The number of hydrogen-bond acceptors (Lipinski definition) is 3. The highest BCUT2D eigenvalue weighted by Crippen LogP contribution is 2.16. The molecule has 5 nitrogen and oxygen atoms in total. The quantitative estimate of drug-likeness (QED) is 0.624. The van der Waals surface area contributed by atoms with Gasteiger partial charge in [0.05, 0.1) is 6.42 Å². The lowest BCUT2D eigenvalue weighted by Crippen LogP contribution is -2.20. The fourth-order valence-electron chi connectivity index (χ4n) is 1.60. The molecule has 1 aromatic rings. The van der Waals surface area contributed by atoms with Crippen LogP contribution in [0.15, 0.2) is 24.3 Å². The number of benzene rings is 1. The predicted molar refractivity (Wildman–Crippen MR) is 76.1 cm³/mol. The Balaban J connectivity index is 2.73. The van der Waals surface area contributed by atoms with Gasteiger partial charge in [-0.25, -0.2) is 0 Å². The number of ketones is 1. The van der Waals surface area contributed by atoms with Crippen molar-refractivity contribution in [1.29, 1.82) is 0 Å². The van der Waals surface area contributed by atoms with Gasteiger partial charge in [0.2, 0.25) is 5.91 Å². The number of halogens is 1. The summed E-state index contributed by atoms with van der Waals surface area (Å²) in [5.41, 5.74) is 0.945. The van der Waals surface area contributed by atoms with Gasteiger partial charge >= 0.3 is 5.97 Å². The van der Waals surface area contributed by atoms with E-state index in [2.05, 4.69) is 5.32 Å². The molecule has 6 heteroatoms. The summed E-state index contributed by atoms with van der Waals surface area (Å²) in [7, 11) is 0. The maximum Gasteiger partial charge on any atom is 0.304 e. The number of nitrogens with one attached hydrogen (secondary N) is 1. The van der Waals surface area contributed by atoms with Gasteiger partial charge in [-0.15, -0.1) is 11.6 Å². The molecule has 1 amide bonds. The molecule has 108 valence electrons. The van der Waals surface area contributed by atoms with Crippen molar-refractivity contribution in [2.45, 2.75) is 25.6 Å². The van der Waals surface area contributed by atoms with Gasteiger partial charge in [-0.3, -0.25) is 14.4 Å². The van der Waals surface area contributed by atoms with Crippen LogP contribution in [-0.4, -0.2) is 28.1 Å². The zero-order valence-corrected chi connectivity index (χ0v) is 12.0. The summed E-state index contributed by atoms with van der Waals surface area (Å²) in [5, 5.41) is 10.6. The van der Waals surface area contributed by atoms with Crippen LogP contribution in [0, 0.1) is 5.92 Å². The minimum Gasteiger partial charge on any atom is -0.481 e. The minimum atomic E-state index is -1.01. The van der Waals surface area contributed by atoms with Gasteiger partial charge in [0, 0.05) is 17.2 Å². The van der Waals surface area contributed by atoms with E-state index < -0.39 is 17.3 Å². The Morgan fingerprint density at radius 1 is 1.20 bits per heavy atom. The molecule has 20 heavy (non-hydrogen) atoms. The molecule has 0 radical (unpaired) electrons. The van der Waals surface area contributed by atoms with Crippen LogP contribution >= 0.6 is 11.6 Å². The number of hydrogen-bond donors (Lipinski definition) is 2. The second-order valence-electron chi connectivity index (χ2n) is 4.55. The molecule has 0 fully saturated rings. The lowest BCUT2D eigenvalue weighted by atomic mass is 9.96. The molecule has 0 saturated carbocycles. The Morgan fingerprint density at radius 3 is 2.20 bits per heavy atom. The van der Waals surface area contributed by atoms with Crippen LogP contribution < -0.4 is 5.32 Å². The smallest absolute Gasteiger partial charge is 0.304 e. The van der Waals surface area contributed by atoms with Crippen molar-refractivity contribution in [3.8, 4) is 0 Å². The Bertz CT molecular complexity index is 510. The number of alkyl halides is 1. The molecule has 0 aliphatic rings. The number of aliphatic carboxylic acids is 1. The summed E-state index contributed by atoms with van der Waals surface area (Å²) in [5.74, 6) is -2.16. The van der Waals surface area contributed by atoms with Crippen molar-refractivity contribution in [3.63, 3.8) is 0 Å². The molecule has 1 rings (SSSR count). The zero-order valence-electron chi connectivity index (χ0n) is 11.2. The third-order valence-electron chi connectivity index (χ3n) is 2.73. The summed E-state index contributed by atoms with van der Waals surface area (Å²) in [4.78, 5) is 33.9. The third-order valence-corrected chi connectivity index (χ3v) is 2.92. The van der Waals surface area contributed by atoms with Gasteiger partial charge in [-0.1, -0.05) is 6.92 Å². The first-order chi connectivity index (χ1) is 9.31. The summed E-state index contributed by atoms with van der Waals surface area (Å²) in [6, 6.07) is 6.26. The van der Waals surface area contributed by atoms with Crippen molar-refractivity contribution in [3.05, 3.63) is 29.8 Å². The number of carbonyl (C=O) groups is 3. The summed E-state index contributed by atoms with van der Waals surface area (Å²) < 4.78 is 0. The monoisotopic (exact) mass is 297 g/mol. The lowest BCUT2D eigenvalue weighted by molar-refractivity contribution is -0.137. The number of amides is 1. The molecule has 0 spiro atoms. The van der Waals surface area contributed by atoms with E-state index in [-0.39, 0.29) is 18.1 Å².